The summed E-state index contributed by atoms with van der Waals surface area (Å²) in [5.41, 5.74) is 11.7. The molecule has 2 aromatic heterocycles. The van der Waals surface area contributed by atoms with Crippen LogP contribution in [0.4, 0.5) is 15.3 Å². The third-order valence-corrected chi connectivity index (χ3v) is 23.1. The molecule has 6 rings (SSSR count). The zero-order valence-electron chi connectivity index (χ0n) is 74.2. The molecule has 2 aromatic carbocycles. The fourth-order valence-corrected chi connectivity index (χ4v) is 15.8. The van der Waals surface area contributed by atoms with E-state index in [0.29, 0.717) is 81.6 Å². The molecule has 2 aliphatic heterocycles. The molecule has 0 saturated carbocycles. The van der Waals surface area contributed by atoms with Crippen LogP contribution in [0.1, 0.15) is 169 Å². The minimum absolute atomic E-state index is 0.0102. The Kier molecular flexibility index (Phi) is 41.9. The number of carbonyl (C=O) groups excluding carboxylic acids is 11. The number of primary amides is 1. The van der Waals surface area contributed by atoms with Crippen molar-refractivity contribution < 1.29 is 91.4 Å². The second kappa shape index (κ2) is 50.6. The van der Waals surface area contributed by atoms with Crippen molar-refractivity contribution in [1.82, 2.24) is 71.1 Å². The summed E-state index contributed by atoms with van der Waals surface area (Å²) >= 11 is 0. The normalized spacial score (nSPS) is 16.5. The predicted molar refractivity (Wildman–Crippen MR) is 458 cm³/mol. The Morgan fingerprint density at radius 1 is 0.689 bits per heavy atom. The summed E-state index contributed by atoms with van der Waals surface area (Å²) < 4.78 is 31.1. The molecule has 0 aliphatic carbocycles. The number of carboxylic acids is 1. The van der Waals surface area contributed by atoms with Gasteiger partial charge in [-0.15, -0.1) is 0 Å². The van der Waals surface area contributed by atoms with Crippen LogP contribution in [0.5, 0.6) is 0 Å². The number of rotatable bonds is 51. The van der Waals surface area contributed by atoms with Crippen LogP contribution in [-0.4, -0.2) is 283 Å². The highest BCUT2D eigenvalue weighted by Gasteiger charge is 2.45. The molecule has 2 saturated heterocycles. The first-order valence-electron chi connectivity index (χ1n) is 42.7. The second-order valence-electron chi connectivity index (χ2n) is 32.9. The lowest BCUT2D eigenvalue weighted by atomic mass is 9.89. The van der Waals surface area contributed by atoms with Crippen molar-refractivity contribution in [1.29, 1.82) is 0 Å². The number of benzene rings is 2. The van der Waals surface area contributed by atoms with Gasteiger partial charge in [0.2, 0.25) is 53.2 Å². The molecule has 122 heavy (non-hydrogen) atoms. The number of hydrogen-bond acceptors (Lipinski definition) is 21. The molecule has 35 nitrogen and oxygen atoms in total. The van der Waals surface area contributed by atoms with E-state index in [0.717, 1.165) is 21.6 Å². The number of urea groups is 1. The van der Waals surface area contributed by atoms with Crippen molar-refractivity contribution in [3.63, 3.8) is 0 Å². The van der Waals surface area contributed by atoms with Crippen LogP contribution in [0.15, 0.2) is 79.0 Å². The largest absolute Gasteiger partial charge is 0.481 e. The van der Waals surface area contributed by atoms with Gasteiger partial charge in [-0.3, -0.25) is 58.3 Å². The number of carboxylic acid groups (broad SMARTS) is 1. The highest BCUT2D eigenvalue weighted by atomic mass is 16.6. The number of ether oxygens (including phenoxy) is 5. The molecule has 0 radical (unpaired) electrons. The van der Waals surface area contributed by atoms with E-state index in [-0.39, 0.29) is 127 Å². The third kappa shape index (κ3) is 30.3. The number of amides is 12. The number of hydrogen-bond donors (Lipinski definition) is 10. The van der Waals surface area contributed by atoms with Crippen LogP contribution >= 0.6 is 0 Å². The third-order valence-electron chi connectivity index (χ3n) is 23.1. The molecule has 35 heteroatoms. The molecule has 11 N–H and O–H groups in total. The molecule has 4 heterocycles. The molecular formula is C87H136N16O19. The lowest BCUT2D eigenvalue weighted by Gasteiger charge is -2.41. The quantitative estimate of drug-likeness (QED) is 0.0187. The minimum atomic E-state index is -1.21. The number of anilines is 1. The molecule has 12 amide bonds. The number of nitrogens with one attached hydrogen (secondary N) is 7. The molecule has 0 bridgehead atoms. The van der Waals surface area contributed by atoms with Crippen molar-refractivity contribution >= 4 is 88.0 Å². The van der Waals surface area contributed by atoms with Gasteiger partial charge in [0.25, 0.3) is 0 Å². The van der Waals surface area contributed by atoms with Crippen LogP contribution in [0.2, 0.25) is 0 Å². The average molecular weight is 1710 g/mol. The van der Waals surface area contributed by atoms with E-state index in [1.165, 1.54) is 21.3 Å². The van der Waals surface area contributed by atoms with Crippen LogP contribution in [0.3, 0.4) is 0 Å². The lowest BCUT2D eigenvalue weighted by Crippen LogP contribution is -2.60. The van der Waals surface area contributed by atoms with Gasteiger partial charge < -0.3 is 95.7 Å². The topological polar surface area (TPSA) is 439 Å². The van der Waals surface area contributed by atoms with Crippen LogP contribution < -0.4 is 43.1 Å². The maximum Gasteiger partial charge on any atom is 0.410 e. The molecular weight excluding hydrogens is 1570 g/mol. The number of likely N-dealkylation sites (tertiary alicyclic amines) is 2. The van der Waals surface area contributed by atoms with Crippen molar-refractivity contribution in [2.45, 2.75) is 233 Å². The summed E-state index contributed by atoms with van der Waals surface area (Å²) in [6.45, 7) is 20.4. The summed E-state index contributed by atoms with van der Waals surface area (Å²) in [6, 6.07) is 13.9. The van der Waals surface area contributed by atoms with E-state index in [1.54, 1.807) is 125 Å². The van der Waals surface area contributed by atoms with Crippen molar-refractivity contribution in [3.05, 3.63) is 95.8 Å². The zero-order valence-corrected chi connectivity index (χ0v) is 74.2. The number of pyridine rings is 1. The SMILES string of the molecule is CC[C@H](C)[C@@H]([C@@H](CC(=O)N1CCC[C@H]1[C@H](OC)[C@@H](C)C(=O)N[C@H](C)[C@@H](O)c1ccccc1)OC)N(C)C(=O)[C@@H](NC(=O)[C@H](C(C)C)N(C)C(=O)OCc1ccc(NC(=O)[C@H](CCCNC(N)=O)NC(=O)[C@@H](NC(=O)CCC(=O)N(CCOCCOCCC(=O)O)C2CCN(C(=O)CCn3c(CN(C)NC)cc4cccnc43)CC2)C(C)C)cc1)C(C)C. The first kappa shape index (κ1) is 101. The highest BCUT2D eigenvalue weighted by molar-refractivity contribution is 5.99. The van der Waals surface area contributed by atoms with Gasteiger partial charge in [0, 0.05) is 123 Å². The van der Waals surface area contributed by atoms with Gasteiger partial charge in [0.15, 0.2) is 0 Å². The number of hydrazine groups is 1. The van der Waals surface area contributed by atoms with Gasteiger partial charge in [-0.05, 0) is 118 Å². The van der Waals surface area contributed by atoms with E-state index >= 15 is 0 Å². The number of nitrogens with zero attached hydrogens (tertiary/aromatic N) is 8. The number of piperidine rings is 1. The predicted octanol–water partition coefficient (Wildman–Crippen LogP) is 5.71. The summed E-state index contributed by atoms with van der Waals surface area (Å²) in [7, 11) is 9.81. The lowest BCUT2D eigenvalue weighted by molar-refractivity contribution is -0.148. The Morgan fingerprint density at radius 3 is 1.98 bits per heavy atom. The number of nitrogens with two attached hydrogens (primary N) is 1. The van der Waals surface area contributed by atoms with Gasteiger partial charge >= 0.3 is 18.1 Å². The monoisotopic (exact) mass is 1710 g/mol. The van der Waals surface area contributed by atoms with E-state index in [1.807, 2.05) is 63.3 Å². The summed E-state index contributed by atoms with van der Waals surface area (Å²) in [5.74, 6) is -7.30. The minimum Gasteiger partial charge on any atom is -0.481 e. The number of aryl methyl sites for hydroxylation is 1. The summed E-state index contributed by atoms with van der Waals surface area (Å²) in [4.78, 5) is 177. The number of aromatic nitrogens is 2. The Morgan fingerprint density at radius 2 is 1.36 bits per heavy atom. The van der Waals surface area contributed by atoms with Gasteiger partial charge in [-0.1, -0.05) is 111 Å². The maximum atomic E-state index is 14.9. The van der Waals surface area contributed by atoms with Gasteiger partial charge in [-0.2, -0.15) is 0 Å². The van der Waals surface area contributed by atoms with E-state index in [9.17, 15) is 62.6 Å². The fraction of sp³-hybridized carbons (Fsp3) is 0.644. The smallest absolute Gasteiger partial charge is 0.410 e. The average Bonchev–Trinajstić information content (AvgIpc) is 1.64. The van der Waals surface area contributed by atoms with Gasteiger partial charge in [0.1, 0.15) is 36.4 Å². The Balaban J connectivity index is 1.04. The van der Waals surface area contributed by atoms with Gasteiger partial charge in [-0.25, -0.2) is 19.6 Å². The first-order chi connectivity index (χ1) is 58.0. The van der Waals surface area contributed by atoms with E-state index in [2.05, 4.69) is 52.9 Å². The van der Waals surface area contributed by atoms with Crippen molar-refractivity contribution in [2.24, 2.45) is 35.3 Å². The Hall–Kier alpha value is -9.91. The first-order valence-corrected chi connectivity index (χ1v) is 42.7. The zero-order chi connectivity index (χ0) is 90.0. The number of fused-ring (bicyclic) bond motifs is 1. The molecule has 4 aromatic rings. The second-order valence-corrected chi connectivity index (χ2v) is 32.9. The molecule has 2 aliphatic rings. The molecule has 0 spiro atoms. The molecule has 678 valence electrons. The van der Waals surface area contributed by atoms with Gasteiger partial charge in [0.05, 0.1) is 88.2 Å². The van der Waals surface area contributed by atoms with Crippen LogP contribution in [-0.2, 0) is 91.3 Å². The van der Waals surface area contributed by atoms with Crippen LogP contribution in [0.25, 0.3) is 11.0 Å². The summed E-state index contributed by atoms with van der Waals surface area (Å²) in [6.07, 6.45) is 0.829. The van der Waals surface area contributed by atoms with E-state index in [4.69, 9.17) is 34.5 Å². The van der Waals surface area contributed by atoms with Crippen molar-refractivity contribution in [3.8, 4) is 0 Å². The molecule has 0 unspecified atom stereocenters. The molecule has 12 atom stereocenters. The standard InChI is InChI=1S/C87H136N16O19/c1-17-57(8)77(68(118-15)51-72(107)103-41-23-28-67(103)79(119-16)58(9)81(111)92-59(10)78(110)61-24-19-18-20-25-61)98(13)85(115)75(55(4)5)96-84(114)76(56(6)7)99(14)87(117)122-53-60-29-31-63(32-30-60)93-82(112)66(27-22-40-91-86(88)116)94-83(113)74(54(2)3)95-69(104)33-34-71(106)101(45-47-121-49-48-120-46-38-73(108)109)64-35-42-100(43-36-64)70(105)37-44-102-65(52-97(12)89-11)50-62-26-21-39-90-80(62)102/h18-21,24-26,29-32,39,50,54-59,64,66-68,74-79,89,110H,17,22-23,27-28,33-38,40-49,51-53H2,1-16H3,(H,92,111)(H,93,112)(H,94,113)(H,95,104)(H,96,114)(H,108,109)(H3,88,91,116)/t57-,58+,59+,66-,67-,68+,74-,75-,76-,77-,78+,79+/m0/s1. The number of carbonyl (C=O) groups is 12. The van der Waals surface area contributed by atoms with E-state index < -0.39 is 132 Å². The Labute approximate surface area is 717 Å². The fourth-order valence-electron chi connectivity index (χ4n) is 15.8. The maximum absolute atomic E-state index is 14.9. The summed E-state index contributed by atoms with van der Waals surface area (Å²) in [5, 5.41) is 39.6. The Bertz CT molecular complexity index is 4030. The molecule has 2 fully saturated rings. The number of aliphatic hydroxyl groups is 1. The highest BCUT2D eigenvalue weighted by Crippen LogP contribution is 2.32. The number of methoxy groups -OCH3 is 2. The number of likely N-dealkylation sites (N-methyl/N-ethyl adjacent to an activating group) is 2. The van der Waals surface area contributed by atoms with Crippen molar-refractivity contribution in [2.75, 3.05) is 107 Å². The number of aliphatic hydroxyl groups excluding tert-OH is 1. The van der Waals surface area contributed by atoms with Crippen LogP contribution in [0, 0.1) is 29.6 Å². The number of aliphatic carboxylic acids is 1.